The third kappa shape index (κ3) is 5.50. The number of halogens is 1. The number of carbonyl (C=O) groups excluding carboxylic acids is 1. The molecule has 2 aliphatic rings. The number of phenols is 1. The van der Waals surface area contributed by atoms with Crippen molar-refractivity contribution in [2.45, 2.75) is 39.8 Å². The van der Waals surface area contributed by atoms with Crippen molar-refractivity contribution in [1.29, 1.82) is 0 Å². The maximum absolute atomic E-state index is 16.2. The van der Waals surface area contributed by atoms with E-state index in [1.807, 2.05) is 44.2 Å². The number of nitrogens with zero attached hydrogens (tertiary/aromatic N) is 2. The summed E-state index contributed by atoms with van der Waals surface area (Å²) in [5.74, 6) is -1.48. The molecule has 3 heterocycles. The van der Waals surface area contributed by atoms with Gasteiger partial charge in [0, 0.05) is 22.7 Å². The molecule has 0 radical (unpaired) electrons. The van der Waals surface area contributed by atoms with Gasteiger partial charge >= 0.3 is 0 Å². The van der Waals surface area contributed by atoms with E-state index in [4.69, 9.17) is 4.74 Å². The van der Waals surface area contributed by atoms with Crippen molar-refractivity contribution in [2.24, 2.45) is 5.41 Å². The average Bonchev–Trinajstić information content (AvgIpc) is 3.32. The van der Waals surface area contributed by atoms with Gasteiger partial charge in [-0.2, -0.15) is 0 Å². The molecule has 43 heavy (non-hydrogen) atoms. The smallest absolute Gasteiger partial charge is 0.278 e. The van der Waals surface area contributed by atoms with E-state index in [1.165, 1.54) is 34.4 Å². The molecule has 1 unspecified atom stereocenters. The Labute approximate surface area is 253 Å². The Morgan fingerprint density at radius 3 is 2.63 bits per heavy atom. The Hall–Kier alpha value is -4.22. The van der Waals surface area contributed by atoms with Crippen molar-refractivity contribution in [2.75, 3.05) is 16.0 Å². The maximum Gasteiger partial charge on any atom is 0.278 e. The Bertz CT molecular complexity index is 1870. The predicted molar refractivity (Wildman–Crippen MR) is 165 cm³/mol. The number of thiazole rings is 1. The standard InChI is InChI=1S/C32H30FN3O5S2/c1-19-34-25(17-42-19)31(38)36-26-10-7-11-27(37)28(26)35-24-15-32(2,3)18-43(39,40)30(24)29(36)22-13-12-21(14-23(22)33)41-16-20-8-5-4-6-9-20/h4-14,17,29,35,37H,15-16,18H2,1-3H3. The van der Waals surface area contributed by atoms with Crippen LogP contribution in [0.3, 0.4) is 0 Å². The van der Waals surface area contributed by atoms with Crippen LogP contribution in [0.25, 0.3) is 0 Å². The molecule has 1 atom stereocenters. The van der Waals surface area contributed by atoms with Gasteiger partial charge in [-0.1, -0.05) is 50.2 Å². The van der Waals surface area contributed by atoms with E-state index in [0.29, 0.717) is 17.1 Å². The summed E-state index contributed by atoms with van der Waals surface area (Å²) < 4.78 is 50.2. The number of aromatic hydroxyl groups is 1. The summed E-state index contributed by atoms with van der Waals surface area (Å²) in [6, 6.07) is 16.9. The molecule has 6 rings (SSSR count). The SMILES string of the molecule is Cc1nc(C(=O)N2c3cccc(O)c3NC3=C(C2c2ccc(OCc4ccccc4)cc2F)S(=O)(=O)CC(C)(C)C3)cs1. The van der Waals surface area contributed by atoms with Crippen LogP contribution in [0.1, 0.15) is 52.9 Å². The second-order valence-electron chi connectivity index (χ2n) is 11.5. The van der Waals surface area contributed by atoms with Gasteiger partial charge < -0.3 is 15.2 Å². The van der Waals surface area contributed by atoms with Crippen molar-refractivity contribution >= 4 is 38.5 Å². The first-order valence-electron chi connectivity index (χ1n) is 13.7. The van der Waals surface area contributed by atoms with Gasteiger partial charge in [0.25, 0.3) is 5.91 Å². The van der Waals surface area contributed by atoms with Crippen LogP contribution in [-0.4, -0.2) is 30.2 Å². The summed E-state index contributed by atoms with van der Waals surface area (Å²) in [6.07, 6.45) is 0.295. The Kier molecular flexibility index (Phi) is 7.26. The lowest BCUT2D eigenvalue weighted by atomic mass is 9.88. The number of hydrogen-bond donors (Lipinski definition) is 2. The summed E-state index contributed by atoms with van der Waals surface area (Å²) in [5, 5.41) is 16.3. The molecule has 0 saturated carbocycles. The quantitative estimate of drug-likeness (QED) is 0.238. The fourth-order valence-electron chi connectivity index (χ4n) is 5.75. The first-order chi connectivity index (χ1) is 20.4. The molecule has 222 valence electrons. The molecule has 1 aromatic heterocycles. The summed E-state index contributed by atoms with van der Waals surface area (Å²) in [4.78, 5) is 19.8. The minimum absolute atomic E-state index is 0.0267. The van der Waals surface area contributed by atoms with Gasteiger partial charge in [-0.25, -0.2) is 17.8 Å². The zero-order valence-corrected chi connectivity index (χ0v) is 25.4. The normalized spacial score (nSPS) is 18.7. The molecule has 0 fully saturated rings. The van der Waals surface area contributed by atoms with E-state index < -0.39 is 33.0 Å². The molecule has 11 heteroatoms. The van der Waals surface area contributed by atoms with Crippen LogP contribution < -0.4 is 15.0 Å². The minimum Gasteiger partial charge on any atom is -0.506 e. The first-order valence-corrected chi connectivity index (χ1v) is 16.2. The lowest BCUT2D eigenvalue weighted by molar-refractivity contribution is 0.0976. The molecular weight excluding hydrogens is 590 g/mol. The molecule has 8 nitrogen and oxygen atoms in total. The van der Waals surface area contributed by atoms with Gasteiger partial charge in [-0.05, 0) is 48.6 Å². The van der Waals surface area contributed by atoms with E-state index in [0.717, 1.165) is 5.56 Å². The second-order valence-corrected chi connectivity index (χ2v) is 14.5. The lowest BCUT2D eigenvalue weighted by Gasteiger charge is -2.37. The van der Waals surface area contributed by atoms with Crippen molar-refractivity contribution < 1.29 is 27.4 Å². The largest absolute Gasteiger partial charge is 0.506 e. The second kappa shape index (κ2) is 10.8. The number of para-hydroxylation sites is 1. The Balaban J connectivity index is 1.55. The van der Waals surface area contributed by atoms with Gasteiger partial charge in [0.05, 0.1) is 21.4 Å². The molecule has 3 aromatic carbocycles. The molecule has 0 bridgehead atoms. The van der Waals surface area contributed by atoms with Gasteiger partial charge in [0.15, 0.2) is 9.84 Å². The monoisotopic (exact) mass is 619 g/mol. The van der Waals surface area contributed by atoms with Crippen LogP contribution in [0.2, 0.25) is 0 Å². The molecule has 0 spiro atoms. The minimum atomic E-state index is -4.03. The highest BCUT2D eigenvalue weighted by atomic mass is 32.2. The highest BCUT2D eigenvalue weighted by Gasteiger charge is 2.48. The summed E-state index contributed by atoms with van der Waals surface area (Å²) in [6.45, 7) is 5.64. The number of allylic oxidation sites excluding steroid dienone is 1. The van der Waals surface area contributed by atoms with Crippen molar-refractivity contribution in [3.05, 3.63) is 110 Å². The fraction of sp³-hybridized carbons (Fsp3) is 0.250. The molecule has 4 aromatic rings. The number of benzene rings is 3. The number of carbonyl (C=O) groups is 1. The van der Waals surface area contributed by atoms with Crippen molar-refractivity contribution in [3.8, 4) is 11.5 Å². The number of aromatic nitrogens is 1. The number of rotatable bonds is 5. The number of amides is 1. The van der Waals surface area contributed by atoms with Crippen LogP contribution >= 0.6 is 11.3 Å². The third-order valence-electron chi connectivity index (χ3n) is 7.50. The lowest BCUT2D eigenvalue weighted by Crippen LogP contribution is -2.41. The molecule has 1 amide bonds. The van der Waals surface area contributed by atoms with Crippen molar-refractivity contribution in [1.82, 2.24) is 4.98 Å². The van der Waals surface area contributed by atoms with E-state index in [-0.39, 0.29) is 51.4 Å². The summed E-state index contributed by atoms with van der Waals surface area (Å²) >= 11 is 1.27. The summed E-state index contributed by atoms with van der Waals surface area (Å²) in [7, 11) is -4.03. The van der Waals surface area contributed by atoms with E-state index in [2.05, 4.69) is 10.3 Å². The number of anilines is 2. The van der Waals surface area contributed by atoms with E-state index in [1.54, 1.807) is 30.5 Å². The highest BCUT2D eigenvalue weighted by Crippen LogP contribution is 2.52. The average molecular weight is 620 g/mol. The Morgan fingerprint density at radius 1 is 1.16 bits per heavy atom. The number of sulfone groups is 1. The van der Waals surface area contributed by atoms with Crippen LogP contribution in [0, 0.1) is 18.2 Å². The highest BCUT2D eigenvalue weighted by molar-refractivity contribution is 7.95. The number of nitrogens with one attached hydrogen (secondary N) is 1. The number of fused-ring (bicyclic) bond motifs is 1. The third-order valence-corrected chi connectivity index (χ3v) is 10.6. The van der Waals surface area contributed by atoms with Crippen LogP contribution in [0.5, 0.6) is 11.5 Å². The van der Waals surface area contributed by atoms with Gasteiger partial charge in [-0.3, -0.25) is 9.69 Å². The van der Waals surface area contributed by atoms with Gasteiger partial charge in [-0.15, -0.1) is 11.3 Å². The topological polar surface area (TPSA) is 109 Å². The van der Waals surface area contributed by atoms with Gasteiger partial charge in [0.1, 0.15) is 41.3 Å². The number of hydrogen-bond acceptors (Lipinski definition) is 8. The zero-order valence-electron chi connectivity index (χ0n) is 23.8. The number of ether oxygens (including phenoxy) is 1. The maximum atomic E-state index is 16.2. The van der Waals surface area contributed by atoms with Gasteiger partial charge in [0.2, 0.25) is 0 Å². The first kappa shape index (κ1) is 28.9. The molecule has 2 aliphatic heterocycles. The van der Waals surface area contributed by atoms with E-state index >= 15 is 4.39 Å². The molecular formula is C32H30FN3O5S2. The molecule has 0 saturated heterocycles. The predicted octanol–water partition coefficient (Wildman–Crippen LogP) is 6.75. The number of phenolic OH excluding ortho intramolecular Hbond substituents is 1. The zero-order chi connectivity index (χ0) is 30.5. The molecule has 0 aliphatic carbocycles. The van der Waals surface area contributed by atoms with E-state index in [9.17, 15) is 18.3 Å². The summed E-state index contributed by atoms with van der Waals surface area (Å²) in [5.41, 5.74) is 0.972. The number of aryl methyl sites for hydroxylation is 1. The molecule has 2 N–H and O–H groups in total. The van der Waals surface area contributed by atoms with Crippen LogP contribution in [0.4, 0.5) is 15.8 Å². The fourth-order valence-corrected chi connectivity index (χ4v) is 8.70. The van der Waals surface area contributed by atoms with Crippen LogP contribution in [0.15, 0.2) is 82.7 Å². The van der Waals surface area contributed by atoms with Crippen LogP contribution in [-0.2, 0) is 16.4 Å². The van der Waals surface area contributed by atoms with Crippen molar-refractivity contribution in [3.63, 3.8) is 0 Å². The Morgan fingerprint density at radius 2 is 1.93 bits per heavy atom.